The molecule has 2 fully saturated rings. The fraction of sp³-hybridized carbons (Fsp3) is 0.636. The van der Waals surface area contributed by atoms with Crippen LogP contribution in [0.15, 0.2) is 18.2 Å². The fourth-order valence-electron chi connectivity index (χ4n) is 3.37. The molecular formula is C22H35BFN3O6. The molecule has 0 spiro atoms. The first kappa shape index (κ1) is 26.7. The Balaban J connectivity index is 0.000000890. The van der Waals surface area contributed by atoms with E-state index in [1.807, 2.05) is 54.5 Å². The maximum atomic E-state index is 14.4. The summed E-state index contributed by atoms with van der Waals surface area (Å²) in [5.41, 5.74) is 3.97. The summed E-state index contributed by atoms with van der Waals surface area (Å²) in [6.07, 6.45) is -1.64. The molecule has 184 valence electrons. The normalized spacial score (nSPS) is 19.6. The predicted molar refractivity (Wildman–Crippen MR) is 124 cm³/mol. The number of benzene rings is 1. The lowest BCUT2D eigenvalue weighted by Gasteiger charge is -2.37. The van der Waals surface area contributed by atoms with Gasteiger partial charge in [0.2, 0.25) is 0 Å². The average Bonchev–Trinajstić information content (AvgIpc) is 2.87. The summed E-state index contributed by atoms with van der Waals surface area (Å²) in [5, 5.41) is 7.19. The van der Waals surface area contributed by atoms with Crippen LogP contribution in [-0.4, -0.2) is 72.3 Å². The van der Waals surface area contributed by atoms with E-state index in [4.69, 9.17) is 23.9 Å². The van der Waals surface area contributed by atoms with Crippen LogP contribution in [0.25, 0.3) is 0 Å². The zero-order valence-corrected chi connectivity index (χ0v) is 20.5. The molecule has 2 heterocycles. The number of nitrogens with two attached hydrogens (primary N) is 1. The molecule has 0 aromatic heterocycles. The summed E-state index contributed by atoms with van der Waals surface area (Å²) >= 11 is 0. The monoisotopic (exact) mass is 467 g/mol. The van der Waals surface area contributed by atoms with Crippen LogP contribution in [0.2, 0.25) is 0 Å². The molecule has 9 nitrogen and oxygen atoms in total. The van der Waals surface area contributed by atoms with Gasteiger partial charge in [-0.15, -0.1) is 0 Å². The molecule has 2 aliphatic rings. The quantitative estimate of drug-likeness (QED) is 0.643. The SMILES string of the molecule is CC(C)(C)OC(=O)N1CCN(c2cc(F)cc(B3OC(C)(C)C(C)(C)O3)c2)CC1.NC(=O)O. The van der Waals surface area contributed by atoms with Crippen LogP contribution in [0.4, 0.5) is 19.7 Å². The number of rotatable bonds is 2. The molecule has 0 unspecified atom stereocenters. The molecule has 33 heavy (non-hydrogen) atoms. The first-order chi connectivity index (χ1) is 15.0. The number of hydrogen-bond donors (Lipinski definition) is 2. The maximum Gasteiger partial charge on any atom is 0.495 e. The number of amides is 2. The standard InChI is InChI=1S/C21H32BFN2O4.CH3NO2/c1-19(2,3)27-18(26)25-10-8-24(9-11-25)17-13-15(12-16(23)14-17)22-28-20(4,5)21(6,7)29-22;2-1(3)4/h12-14H,8-11H2,1-7H3;2H2,(H,3,4). The number of carbonyl (C=O) groups excluding carboxylic acids is 1. The minimum atomic E-state index is -1.33. The third-order valence-corrected chi connectivity index (χ3v) is 5.73. The second kappa shape index (κ2) is 9.76. The van der Waals surface area contributed by atoms with Gasteiger partial charge >= 0.3 is 19.3 Å². The molecule has 2 saturated heterocycles. The first-order valence-corrected chi connectivity index (χ1v) is 10.9. The molecule has 11 heteroatoms. The Bertz CT molecular complexity index is 846. The topological polar surface area (TPSA) is 115 Å². The van der Waals surface area contributed by atoms with Crippen molar-refractivity contribution < 1.29 is 33.1 Å². The van der Waals surface area contributed by atoms with Crippen molar-refractivity contribution in [1.82, 2.24) is 4.90 Å². The van der Waals surface area contributed by atoms with E-state index in [0.29, 0.717) is 31.6 Å². The predicted octanol–water partition coefficient (Wildman–Crippen LogP) is 2.81. The Morgan fingerprint density at radius 3 is 2.00 bits per heavy atom. The molecule has 0 saturated carbocycles. The van der Waals surface area contributed by atoms with E-state index in [1.54, 1.807) is 4.90 Å². The maximum absolute atomic E-state index is 14.4. The summed E-state index contributed by atoms with van der Waals surface area (Å²) < 4.78 is 32.0. The van der Waals surface area contributed by atoms with Crippen molar-refractivity contribution >= 4 is 30.5 Å². The van der Waals surface area contributed by atoms with Gasteiger partial charge in [0, 0.05) is 31.9 Å². The van der Waals surface area contributed by atoms with Gasteiger partial charge in [-0.1, -0.05) is 0 Å². The molecule has 0 aliphatic carbocycles. The highest BCUT2D eigenvalue weighted by Crippen LogP contribution is 2.36. The molecule has 0 radical (unpaired) electrons. The first-order valence-electron chi connectivity index (χ1n) is 10.9. The van der Waals surface area contributed by atoms with Crippen LogP contribution in [0.1, 0.15) is 48.5 Å². The Labute approximate surface area is 195 Å². The molecule has 1 aromatic carbocycles. The van der Waals surface area contributed by atoms with E-state index >= 15 is 0 Å². The number of carboxylic acid groups (broad SMARTS) is 1. The molecule has 2 amide bonds. The second-order valence-electron chi connectivity index (χ2n) is 10.1. The molecule has 1 aromatic rings. The summed E-state index contributed by atoms with van der Waals surface area (Å²) in [7, 11) is -0.613. The van der Waals surface area contributed by atoms with Crippen LogP contribution in [0.3, 0.4) is 0 Å². The van der Waals surface area contributed by atoms with Gasteiger partial charge < -0.3 is 34.7 Å². The van der Waals surface area contributed by atoms with Crippen molar-refractivity contribution in [2.24, 2.45) is 5.73 Å². The van der Waals surface area contributed by atoms with Gasteiger partial charge in [-0.05, 0) is 72.1 Å². The Morgan fingerprint density at radius 1 is 1.06 bits per heavy atom. The smallest absolute Gasteiger partial charge is 0.465 e. The highest BCUT2D eigenvalue weighted by molar-refractivity contribution is 6.62. The Kier molecular flexibility index (Phi) is 7.91. The number of ether oxygens (including phenoxy) is 1. The minimum Gasteiger partial charge on any atom is -0.465 e. The molecule has 0 bridgehead atoms. The number of piperazine rings is 1. The summed E-state index contributed by atoms with van der Waals surface area (Å²) in [4.78, 5) is 24.8. The molecule has 3 rings (SSSR count). The molecular weight excluding hydrogens is 432 g/mol. The van der Waals surface area contributed by atoms with E-state index in [2.05, 4.69) is 10.6 Å². The van der Waals surface area contributed by atoms with Crippen molar-refractivity contribution in [2.45, 2.75) is 65.3 Å². The molecule has 0 atom stereocenters. The number of hydrogen-bond acceptors (Lipinski definition) is 6. The van der Waals surface area contributed by atoms with Crippen LogP contribution in [-0.2, 0) is 14.0 Å². The lowest BCUT2D eigenvalue weighted by atomic mass is 9.78. The van der Waals surface area contributed by atoms with Crippen molar-refractivity contribution in [2.75, 3.05) is 31.1 Å². The van der Waals surface area contributed by atoms with Gasteiger partial charge in [0.15, 0.2) is 0 Å². The number of primary amides is 1. The average molecular weight is 467 g/mol. The van der Waals surface area contributed by atoms with Crippen molar-refractivity contribution in [3.05, 3.63) is 24.0 Å². The highest BCUT2D eigenvalue weighted by Gasteiger charge is 2.51. The van der Waals surface area contributed by atoms with Crippen molar-refractivity contribution in [3.8, 4) is 0 Å². The summed E-state index contributed by atoms with van der Waals surface area (Å²) in [5.74, 6) is -0.332. The van der Waals surface area contributed by atoms with E-state index in [9.17, 15) is 9.18 Å². The number of anilines is 1. The second-order valence-corrected chi connectivity index (χ2v) is 10.1. The summed E-state index contributed by atoms with van der Waals surface area (Å²) in [6.45, 7) is 15.7. The minimum absolute atomic E-state index is 0.311. The van der Waals surface area contributed by atoms with Crippen LogP contribution in [0, 0.1) is 5.82 Å². The zero-order chi connectivity index (χ0) is 25.2. The van der Waals surface area contributed by atoms with Crippen molar-refractivity contribution in [1.29, 1.82) is 0 Å². The van der Waals surface area contributed by atoms with Gasteiger partial charge in [0.05, 0.1) is 11.2 Å². The van der Waals surface area contributed by atoms with E-state index in [0.717, 1.165) is 5.69 Å². The Morgan fingerprint density at radius 2 is 1.55 bits per heavy atom. The number of halogens is 1. The van der Waals surface area contributed by atoms with E-state index in [-0.39, 0.29) is 11.9 Å². The van der Waals surface area contributed by atoms with Gasteiger partial charge in [-0.3, -0.25) is 0 Å². The lowest BCUT2D eigenvalue weighted by Crippen LogP contribution is -2.50. The van der Waals surface area contributed by atoms with E-state index < -0.39 is 30.0 Å². The fourth-order valence-corrected chi connectivity index (χ4v) is 3.37. The molecule has 2 aliphatic heterocycles. The largest absolute Gasteiger partial charge is 0.495 e. The van der Waals surface area contributed by atoms with Gasteiger partial charge in [-0.2, -0.15) is 0 Å². The van der Waals surface area contributed by atoms with Gasteiger partial charge in [0.25, 0.3) is 0 Å². The number of carbonyl (C=O) groups is 2. The van der Waals surface area contributed by atoms with E-state index in [1.165, 1.54) is 12.1 Å². The lowest BCUT2D eigenvalue weighted by molar-refractivity contribution is 0.00578. The third kappa shape index (κ3) is 7.23. The zero-order valence-electron chi connectivity index (χ0n) is 20.5. The van der Waals surface area contributed by atoms with Crippen LogP contribution in [0.5, 0.6) is 0 Å². The third-order valence-electron chi connectivity index (χ3n) is 5.73. The summed E-state index contributed by atoms with van der Waals surface area (Å²) in [6, 6.07) is 4.88. The van der Waals surface area contributed by atoms with Crippen LogP contribution >= 0.6 is 0 Å². The van der Waals surface area contributed by atoms with Crippen LogP contribution < -0.4 is 16.1 Å². The van der Waals surface area contributed by atoms with Crippen molar-refractivity contribution in [3.63, 3.8) is 0 Å². The molecule has 3 N–H and O–H groups in total. The Hall–Kier alpha value is -2.53. The highest BCUT2D eigenvalue weighted by atomic mass is 19.1. The number of nitrogens with zero attached hydrogens (tertiary/aromatic N) is 2. The van der Waals surface area contributed by atoms with Gasteiger partial charge in [0.1, 0.15) is 11.4 Å². The van der Waals surface area contributed by atoms with Gasteiger partial charge in [-0.25, -0.2) is 14.0 Å².